The topological polar surface area (TPSA) is 85.2 Å². The van der Waals surface area contributed by atoms with Crippen LogP contribution in [-0.4, -0.2) is 40.2 Å². The minimum atomic E-state index is -0.517. The Bertz CT molecular complexity index is 700. The fraction of sp³-hybridized carbons (Fsp3) is 0.444. The number of nitrogens with one attached hydrogen (secondary N) is 1. The summed E-state index contributed by atoms with van der Waals surface area (Å²) in [5, 5.41) is 19.4. The number of H-pyrrole nitrogens is 1. The number of rotatable bonds is 5. The normalized spacial score (nSPS) is 17.4. The average molecular weight is 326 g/mol. The number of likely N-dealkylation sites (tertiary alicyclic amines) is 1. The van der Waals surface area contributed by atoms with Crippen molar-refractivity contribution in [2.75, 3.05) is 20.2 Å². The van der Waals surface area contributed by atoms with Gasteiger partial charge in [0, 0.05) is 18.9 Å². The molecular weight excluding hydrogens is 304 g/mol. The van der Waals surface area contributed by atoms with Gasteiger partial charge in [-0.25, -0.2) is 4.98 Å². The summed E-state index contributed by atoms with van der Waals surface area (Å²) in [6, 6.07) is 7.85. The van der Waals surface area contributed by atoms with Gasteiger partial charge in [-0.1, -0.05) is 6.07 Å². The number of aromatic nitrogens is 2. The fourth-order valence-corrected chi connectivity index (χ4v) is 3.27. The first-order valence-electron chi connectivity index (χ1n) is 8.18. The minimum absolute atomic E-state index is 0.239. The first kappa shape index (κ1) is 16.5. The molecule has 0 saturated carbocycles. The Morgan fingerprint density at radius 1 is 1.46 bits per heavy atom. The van der Waals surface area contributed by atoms with E-state index in [-0.39, 0.29) is 5.92 Å². The van der Waals surface area contributed by atoms with E-state index in [1.165, 1.54) is 0 Å². The number of hydrogen-bond acceptors (Lipinski definition) is 5. The molecule has 1 aromatic carbocycles. The second-order valence-corrected chi connectivity index (χ2v) is 6.18. The van der Waals surface area contributed by atoms with Crippen LogP contribution in [0.25, 0.3) is 0 Å². The molecule has 1 aliphatic heterocycles. The highest BCUT2D eigenvalue weighted by atomic mass is 16.5. The zero-order valence-corrected chi connectivity index (χ0v) is 13.8. The fourth-order valence-electron chi connectivity index (χ4n) is 3.27. The van der Waals surface area contributed by atoms with Crippen molar-refractivity contribution >= 4 is 0 Å². The van der Waals surface area contributed by atoms with Crippen molar-refractivity contribution in [2.24, 2.45) is 5.92 Å². The first-order valence-corrected chi connectivity index (χ1v) is 8.18. The molecule has 2 heterocycles. The van der Waals surface area contributed by atoms with Crippen molar-refractivity contribution < 1.29 is 9.84 Å². The van der Waals surface area contributed by atoms with Crippen LogP contribution in [0.2, 0.25) is 0 Å². The SMILES string of the molecule is COc1cc(CN2CCC(C(O)c3ncc[nH]3)CC2)ccc1C#N. The zero-order valence-electron chi connectivity index (χ0n) is 13.8. The lowest BCUT2D eigenvalue weighted by Crippen LogP contribution is -2.35. The zero-order chi connectivity index (χ0) is 16.9. The van der Waals surface area contributed by atoms with E-state index in [2.05, 4.69) is 20.9 Å². The van der Waals surface area contributed by atoms with Gasteiger partial charge in [0.1, 0.15) is 23.7 Å². The third-order valence-electron chi connectivity index (χ3n) is 4.67. The molecule has 1 atom stereocenters. The Morgan fingerprint density at radius 2 is 2.25 bits per heavy atom. The van der Waals surface area contributed by atoms with Crippen LogP contribution in [0.15, 0.2) is 30.6 Å². The van der Waals surface area contributed by atoms with Crippen molar-refractivity contribution in [2.45, 2.75) is 25.5 Å². The van der Waals surface area contributed by atoms with Crippen LogP contribution in [0, 0.1) is 17.2 Å². The largest absolute Gasteiger partial charge is 0.495 e. The quantitative estimate of drug-likeness (QED) is 0.880. The minimum Gasteiger partial charge on any atom is -0.495 e. The van der Waals surface area contributed by atoms with Gasteiger partial charge in [-0.15, -0.1) is 0 Å². The van der Waals surface area contributed by atoms with E-state index in [9.17, 15) is 5.11 Å². The van der Waals surface area contributed by atoms with Crippen molar-refractivity contribution in [3.63, 3.8) is 0 Å². The predicted molar refractivity (Wildman–Crippen MR) is 89.3 cm³/mol. The lowest BCUT2D eigenvalue weighted by molar-refractivity contribution is 0.0515. The first-order chi connectivity index (χ1) is 11.7. The summed E-state index contributed by atoms with van der Waals surface area (Å²) in [4.78, 5) is 9.52. The Kier molecular flexibility index (Phi) is 5.14. The Balaban J connectivity index is 1.57. The van der Waals surface area contributed by atoms with Gasteiger partial charge in [0.05, 0.1) is 12.7 Å². The molecule has 0 amide bonds. The molecule has 1 aliphatic rings. The van der Waals surface area contributed by atoms with Crippen LogP contribution in [0.3, 0.4) is 0 Å². The van der Waals surface area contributed by atoms with Gasteiger partial charge in [-0.2, -0.15) is 5.26 Å². The molecule has 24 heavy (non-hydrogen) atoms. The third-order valence-corrected chi connectivity index (χ3v) is 4.67. The number of imidazole rings is 1. The summed E-state index contributed by atoms with van der Waals surface area (Å²) < 4.78 is 5.27. The Hall–Kier alpha value is -2.36. The number of nitrogens with zero attached hydrogens (tertiary/aromatic N) is 3. The van der Waals surface area contributed by atoms with E-state index in [0.29, 0.717) is 17.1 Å². The van der Waals surface area contributed by atoms with Gasteiger partial charge in [0.2, 0.25) is 0 Å². The van der Waals surface area contributed by atoms with Gasteiger partial charge in [0.15, 0.2) is 0 Å². The molecular formula is C18H22N4O2. The maximum Gasteiger partial charge on any atom is 0.136 e. The third kappa shape index (κ3) is 3.58. The predicted octanol–water partition coefficient (Wildman–Crippen LogP) is 2.24. The number of nitriles is 1. The summed E-state index contributed by atoms with van der Waals surface area (Å²) in [5.74, 6) is 1.52. The van der Waals surface area contributed by atoms with E-state index in [0.717, 1.165) is 38.0 Å². The van der Waals surface area contributed by atoms with E-state index in [1.54, 1.807) is 19.5 Å². The maximum atomic E-state index is 10.4. The molecule has 1 unspecified atom stereocenters. The number of aliphatic hydroxyl groups is 1. The molecule has 6 heteroatoms. The number of hydrogen-bond donors (Lipinski definition) is 2. The summed E-state index contributed by atoms with van der Waals surface area (Å²) in [7, 11) is 1.58. The monoisotopic (exact) mass is 326 g/mol. The van der Waals surface area contributed by atoms with Crippen molar-refractivity contribution in [1.29, 1.82) is 5.26 Å². The molecule has 6 nitrogen and oxygen atoms in total. The summed E-state index contributed by atoms with van der Waals surface area (Å²) in [6.45, 7) is 2.70. The van der Waals surface area contributed by atoms with Crippen LogP contribution in [0.4, 0.5) is 0 Å². The van der Waals surface area contributed by atoms with Gasteiger partial charge in [-0.3, -0.25) is 4.90 Å². The van der Waals surface area contributed by atoms with Crippen molar-refractivity contribution in [1.82, 2.24) is 14.9 Å². The van der Waals surface area contributed by atoms with Crippen molar-refractivity contribution in [3.8, 4) is 11.8 Å². The molecule has 0 radical (unpaired) electrons. The van der Waals surface area contributed by atoms with Gasteiger partial charge >= 0.3 is 0 Å². The lowest BCUT2D eigenvalue weighted by Gasteiger charge is -2.33. The molecule has 1 fully saturated rings. The van der Waals surface area contributed by atoms with Crippen LogP contribution >= 0.6 is 0 Å². The molecule has 126 valence electrons. The van der Waals surface area contributed by atoms with Crippen LogP contribution in [0.1, 0.15) is 35.9 Å². The molecule has 0 spiro atoms. The molecule has 0 bridgehead atoms. The number of benzene rings is 1. The average Bonchev–Trinajstić information content (AvgIpc) is 3.16. The molecule has 3 rings (SSSR count). The van der Waals surface area contributed by atoms with Gasteiger partial charge in [0.25, 0.3) is 0 Å². The maximum absolute atomic E-state index is 10.4. The van der Waals surface area contributed by atoms with Crippen LogP contribution in [0.5, 0.6) is 5.75 Å². The number of methoxy groups -OCH3 is 1. The molecule has 1 aromatic heterocycles. The van der Waals surface area contributed by atoms with Crippen LogP contribution in [-0.2, 0) is 6.54 Å². The second-order valence-electron chi connectivity index (χ2n) is 6.18. The van der Waals surface area contributed by atoms with E-state index >= 15 is 0 Å². The highest BCUT2D eigenvalue weighted by Crippen LogP contribution is 2.30. The lowest BCUT2D eigenvalue weighted by atomic mass is 9.90. The molecule has 2 aromatic rings. The van der Waals surface area contributed by atoms with Gasteiger partial charge in [-0.05, 0) is 49.5 Å². The second kappa shape index (κ2) is 7.47. The van der Waals surface area contributed by atoms with E-state index < -0.39 is 6.10 Å². The van der Waals surface area contributed by atoms with Crippen LogP contribution < -0.4 is 4.74 Å². The highest BCUT2D eigenvalue weighted by molar-refractivity contribution is 5.45. The number of aliphatic hydroxyl groups excluding tert-OH is 1. The Morgan fingerprint density at radius 3 is 2.88 bits per heavy atom. The summed E-state index contributed by atoms with van der Waals surface area (Å²) >= 11 is 0. The number of ether oxygens (including phenoxy) is 1. The summed E-state index contributed by atoms with van der Waals surface area (Å²) in [5.41, 5.74) is 1.69. The number of piperidine rings is 1. The van der Waals surface area contributed by atoms with Gasteiger partial charge < -0.3 is 14.8 Å². The smallest absolute Gasteiger partial charge is 0.136 e. The van der Waals surface area contributed by atoms with Crippen molar-refractivity contribution in [3.05, 3.63) is 47.5 Å². The summed E-state index contributed by atoms with van der Waals surface area (Å²) in [6.07, 6.45) is 4.78. The Labute approximate surface area is 141 Å². The molecule has 1 saturated heterocycles. The van der Waals surface area contributed by atoms with E-state index in [1.807, 2.05) is 18.2 Å². The highest BCUT2D eigenvalue weighted by Gasteiger charge is 2.27. The van der Waals surface area contributed by atoms with E-state index in [4.69, 9.17) is 10.00 Å². The number of aromatic amines is 1. The standard InChI is InChI=1S/C18H22N4O2/c1-24-16-10-13(2-3-15(16)11-19)12-22-8-4-14(5-9-22)17(23)18-20-6-7-21-18/h2-3,6-7,10,14,17,23H,4-5,8-9,12H2,1H3,(H,20,21). The molecule has 0 aliphatic carbocycles. The molecule has 2 N–H and O–H groups in total.